The van der Waals surface area contributed by atoms with E-state index in [1.54, 1.807) is 0 Å². The van der Waals surface area contributed by atoms with Crippen molar-refractivity contribution in [1.29, 1.82) is 0 Å². The van der Waals surface area contributed by atoms with E-state index in [1.807, 2.05) is 6.92 Å². The van der Waals surface area contributed by atoms with E-state index in [-0.39, 0.29) is 11.8 Å². The predicted octanol–water partition coefficient (Wildman–Crippen LogP) is 1.90. The lowest BCUT2D eigenvalue weighted by atomic mass is 10.1. The fourth-order valence-electron chi connectivity index (χ4n) is 2.12. The minimum absolute atomic E-state index is 0.0318. The molecule has 7 nitrogen and oxygen atoms in total. The van der Waals surface area contributed by atoms with Crippen LogP contribution in [0.4, 0.5) is 0 Å². The SMILES string of the molecule is CCC(=O)NCCOCCOCCOCCNC(=O)CCCCC(C)C. The van der Waals surface area contributed by atoms with E-state index in [4.69, 9.17) is 14.2 Å². The first-order chi connectivity index (χ1) is 12.6. The Labute approximate surface area is 158 Å². The smallest absolute Gasteiger partial charge is 0.220 e. The largest absolute Gasteiger partial charge is 0.377 e. The van der Waals surface area contributed by atoms with Crippen molar-refractivity contribution in [3.8, 4) is 0 Å². The number of amides is 2. The van der Waals surface area contributed by atoms with Crippen LogP contribution in [0.2, 0.25) is 0 Å². The summed E-state index contributed by atoms with van der Waals surface area (Å²) in [5.41, 5.74) is 0. The molecular formula is C19H38N2O5. The molecule has 0 unspecified atom stereocenters. The summed E-state index contributed by atoms with van der Waals surface area (Å²) in [4.78, 5) is 22.6. The second-order valence-corrected chi connectivity index (χ2v) is 6.53. The summed E-state index contributed by atoms with van der Waals surface area (Å²) in [6.45, 7) is 10.2. The Morgan fingerprint density at radius 2 is 1.27 bits per heavy atom. The van der Waals surface area contributed by atoms with Gasteiger partial charge in [0.15, 0.2) is 0 Å². The van der Waals surface area contributed by atoms with Crippen molar-refractivity contribution in [2.45, 2.75) is 52.9 Å². The van der Waals surface area contributed by atoms with Crippen LogP contribution in [0.15, 0.2) is 0 Å². The fraction of sp³-hybridized carbons (Fsp3) is 0.895. The zero-order valence-electron chi connectivity index (χ0n) is 16.8. The maximum absolute atomic E-state index is 11.6. The first kappa shape index (κ1) is 24.8. The third-order valence-electron chi connectivity index (χ3n) is 3.64. The highest BCUT2D eigenvalue weighted by molar-refractivity contribution is 5.75. The summed E-state index contributed by atoms with van der Waals surface area (Å²) in [6.07, 6.45) is 4.32. The third kappa shape index (κ3) is 19.1. The van der Waals surface area contributed by atoms with Gasteiger partial charge in [0.1, 0.15) is 0 Å². The zero-order valence-corrected chi connectivity index (χ0v) is 16.8. The normalized spacial score (nSPS) is 10.9. The van der Waals surface area contributed by atoms with Crippen LogP contribution < -0.4 is 10.6 Å². The molecule has 0 bridgehead atoms. The third-order valence-corrected chi connectivity index (χ3v) is 3.64. The van der Waals surface area contributed by atoms with Crippen LogP contribution in [0, 0.1) is 5.92 Å². The van der Waals surface area contributed by atoms with E-state index >= 15 is 0 Å². The van der Waals surface area contributed by atoms with Crippen LogP contribution in [-0.2, 0) is 23.8 Å². The highest BCUT2D eigenvalue weighted by Crippen LogP contribution is 2.07. The number of unbranched alkanes of at least 4 members (excludes halogenated alkanes) is 1. The second kappa shape index (κ2) is 18.6. The molecule has 0 aliphatic carbocycles. The quantitative estimate of drug-likeness (QED) is 0.358. The van der Waals surface area contributed by atoms with Crippen LogP contribution >= 0.6 is 0 Å². The van der Waals surface area contributed by atoms with Crippen molar-refractivity contribution in [3.05, 3.63) is 0 Å². The molecule has 0 atom stereocenters. The van der Waals surface area contributed by atoms with Gasteiger partial charge < -0.3 is 24.8 Å². The van der Waals surface area contributed by atoms with E-state index in [0.29, 0.717) is 71.5 Å². The Hall–Kier alpha value is -1.18. The molecule has 0 rings (SSSR count). The van der Waals surface area contributed by atoms with Crippen molar-refractivity contribution in [1.82, 2.24) is 10.6 Å². The van der Waals surface area contributed by atoms with Crippen LogP contribution in [-0.4, -0.2) is 64.5 Å². The minimum atomic E-state index is 0.0318. The maximum atomic E-state index is 11.6. The number of hydrogen-bond acceptors (Lipinski definition) is 5. The molecule has 0 aliphatic rings. The molecular weight excluding hydrogens is 336 g/mol. The molecule has 2 amide bonds. The van der Waals surface area contributed by atoms with Gasteiger partial charge >= 0.3 is 0 Å². The number of nitrogens with one attached hydrogen (secondary N) is 2. The first-order valence-electron chi connectivity index (χ1n) is 9.82. The number of hydrogen-bond donors (Lipinski definition) is 2. The molecule has 0 spiro atoms. The molecule has 0 saturated carbocycles. The highest BCUT2D eigenvalue weighted by Gasteiger charge is 2.01. The lowest BCUT2D eigenvalue weighted by molar-refractivity contribution is -0.122. The van der Waals surface area contributed by atoms with Gasteiger partial charge in [-0.2, -0.15) is 0 Å². The lowest BCUT2D eigenvalue weighted by Crippen LogP contribution is -2.27. The highest BCUT2D eigenvalue weighted by atomic mass is 16.5. The Balaban J connectivity index is 3.17. The predicted molar refractivity (Wildman–Crippen MR) is 102 cm³/mol. The molecule has 26 heavy (non-hydrogen) atoms. The standard InChI is InChI=1S/C19H38N2O5/c1-4-18(22)20-9-11-24-13-15-26-16-14-25-12-10-21-19(23)8-6-5-7-17(2)3/h17H,4-16H2,1-3H3,(H,20,22)(H,21,23). The van der Waals surface area contributed by atoms with Crippen LogP contribution in [0.5, 0.6) is 0 Å². The molecule has 0 heterocycles. The van der Waals surface area contributed by atoms with E-state index in [1.165, 1.54) is 6.42 Å². The summed E-state index contributed by atoms with van der Waals surface area (Å²) >= 11 is 0. The Morgan fingerprint density at radius 3 is 1.77 bits per heavy atom. The Morgan fingerprint density at radius 1 is 0.769 bits per heavy atom. The number of carbonyl (C=O) groups is 2. The second-order valence-electron chi connectivity index (χ2n) is 6.53. The van der Waals surface area contributed by atoms with Crippen LogP contribution in [0.3, 0.4) is 0 Å². The average Bonchev–Trinajstić information content (AvgIpc) is 2.62. The van der Waals surface area contributed by atoms with E-state index in [9.17, 15) is 9.59 Å². The van der Waals surface area contributed by atoms with Gasteiger partial charge in [0.05, 0.1) is 39.6 Å². The molecule has 0 aromatic heterocycles. The first-order valence-corrected chi connectivity index (χ1v) is 9.82. The Kier molecular flexibility index (Phi) is 17.8. The van der Waals surface area contributed by atoms with E-state index in [0.717, 1.165) is 12.8 Å². The van der Waals surface area contributed by atoms with Gasteiger partial charge in [0.25, 0.3) is 0 Å². The van der Waals surface area contributed by atoms with E-state index < -0.39 is 0 Å². The van der Waals surface area contributed by atoms with Crippen molar-refractivity contribution in [2.75, 3.05) is 52.7 Å². The maximum Gasteiger partial charge on any atom is 0.220 e. The lowest BCUT2D eigenvalue weighted by Gasteiger charge is -2.08. The van der Waals surface area contributed by atoms with Crippen LogP contribution in [0.1, 0.15) is 52.9 Å². The number of rotatable bonds is 18. The molecule has 7 heteroatoms. The molecule has 0 aromatic rings. The summed E-state index contributed by atoms with van der Waals surface area (Å²) in [6, 6.07) is 0. The van der Waals surface area contributed by atoms with Gasteiger partial charge in [0, 0.05) is 25.9 Å². The van der Waals surface area contributed by atoms with Crippen LogP contribution in [0.25, 0.3) is 0 Å². The summed E-state index contributed by atoms with van der Waals surface area (Å²) in [5, 5.41) is 5.59. The van der Waals surface area contributed by atoms with Gasteiger partial charge in [0.2, 0.25) is 11.8 Å². The monoisotopic (exact) mass is 374 g/mol. The topological polar surface area (TPSA) is 85.9 Å². The van der Waals surface area contributed by atoms with Crippen molar-refractivity contribution >= 4 is 11.8 Å². The average molecular weight is 375 g/mol. The minimum Gasteiger partial charge on any atom is -0.377 e. The summed E-state index contributed by atoms with van der Waals surface area (Å²) in [7, 11) is 0. The molecule has 0 aromatic carbocycles. The summed E-state index contributed by atoms with van der Waals surface area (Å²) < 4.78 is 16.1. The van der Waals surface area contributed by atoms with Gasteiger partial charge in [-0.25, -0.2) is 0 Å². The molecule has 0 aliphatic heterocycles. The molecule has 0 saturated heterocycles. The molecule has 154 valence electrons. The van der Waals surface area contributed by atoms with Gasteiger partial charge in [-0.15, -0.1) is 0 Å². The molecule has 2 N–H and O–H groups in total. The summed E-state index contributed by atoms with van der Waals surface area (Å²) in [5.74, 6) is 0.832. The number of carbonyl (C=O) groups excluding carboxylic acids is 2. The fourth-order valence-corrected chi connectivity index (χ4v) is 2.12. The van der Waals surface area contributed by atoms with Gasteiger partial charge in [-0.3, -0.25) is 9.59 Å². The van der Waals surface area contributed by atoms with Crippen molar-refractivity contribution in [2.24, 2.45) is 5.92 Å². The van der Waals surface area contributed by atoms with Gasteiger partial charge in [-0.05, 0) is 12.3 Å². The Bertz CT molecular complexity index is 351. The molecule has 0 fully saturated rings. The van der Waals surface area contributed by atoms with Crippen molar-refractivity contribution < 1.29 is 23.8 Å². The van der Waals surface area contributed by atoms with E-state index in [2.05, 4.69) is 24.5 Å². The molecule has 0 radical (unpaired) electrons. The number of ether oxygens (including phenoxy) is 3. The zero-order chi connectivity index (χ0) is 19.5. The van der Waals surface area contributed by atoms with Crippen molar-refractivity contribution in [3.63, 3.8) is 0 Å². The van der Waals surface area contributed by atoms with Gasteiger partial charge in [-0.1, -0.05) is 33.6 Å².